The van der Waals surface area contributed by atoms with Crippen LogP contribution in [-0.2, 0) is 4.79 Å². The number of hydrogen-bond acceptors (Lipinski definition) is 3. The number of H-pyrrole nitrogens is 1. The van der Waals surface area contributed by atoms with E-state index in [1.165, 1.54) is 0 Å². The lowest BCUT2D eigenvalue weighted by Gasteiger charge is -2.32. The van der Waals surface area contributed by atoms with E-state index in [1.54, 1.807) is 6.20 Å². The molecular weight excluding hydrogens is 254 g/mol. The maximum absolute atomic E-state index is 10.9. The zero-order chi connectivity index (χ0) is 13.7. The normalized spacial score (nSPS) is 22.0. The molecule has 20 heavy (non-hydrogen) atoms. The minimum absolute atomic E-state index is 0.208. The molecule has 0 saturated heterocycles. The number of rotatable bonds is 2. The van der Waals surface area contributed by atoms with Gasteiger partial charge in [0.15, 0.2) is 0 Å². The number of fused-ring (bicyclic) bond motifs is 3. The molecular formula is C15H13N3O2. The minimum Gasteiger partial charge on any atom is -0.481 e. The fraction of sp³-hybridized carbons (Fsp3) is 0.267. The number of pyridine rings is 2. The standard InChI is InChI=1S/C15H13N3O2/c19-15(20)10-4-9(5-10)11-7-18-14-12(11)13-8(6-17-14)2-1-3-16-13/h1-3,6-7,9-10H,4-5H2,(H,17,18)(H,19,20). The van der Waals surface area contributed by atoms with E-state index in [0.29, 0.717) is 18.8 Å². The summed E-state index contributed by atoms with van der Waals surface area (Å²) < 4.78 is 0. The molecule has 1 aliphatic rings. The molecule has 0 radical (unpaired) electrons. The average Bonchev–Trinajstić information content (AvgIpc) is 2.81. The summed E-state index contributed by atoms with van der Waals surface area (Å²) in [5, 5.41) is 11.0. The first-order chi connectivity index (χ1) is 9.74. The fourth-order valence-electron chi connectivity index (χ4n) is 3.04. The summed E-state index contributed by atoms with van der Waals surface area (Å²) in [4.78, 5) is 23.0. The van der Waals surface area contributed by atoms with E-state index >= 15 is 0 Å². The van der Waals surface area contributed by atoms with Gasteiger partial charge in [0.2, 0.25) is 0 Å². The summed E-state index contributed by atoms with van der Waals surface area (Å²) >= 11 is 0. The number of carbonyl (C=O) groups is 1. The molecule has 100 valence electrons. The SMILES string of the molecule is O=C(O)C1CC(c2c[nH]c3ncc4cccnc4c23)C1. The molecule has 0 amide bonds. The van der Waals surface area contributed by atoms with Crippen molar-refractivity contribution in [1.82, 2.24) is 15.0 Å². The summed E-state index contributed by atoms with van der Waals surface area (Å²) in [6.07, 6.45) is 6.94. The van der Waals surface area contributed by atoms with Crippen LogP contribution in [0.5, 0.6) is 0 Å². The van der Waals surface area contributed by atoms with Gasteiger partial charge in [-0.05, 0) is 36.5 Å². The van der Waals surface area contributed by atoms with Crippen LogP contribution < -0.4 is 0 Å². The lowest BCUT2D eigenvalue weighted by molar-refractivity contribution is -0.145. The second-order valence-electron chi connectivity index (χ2n) is 5.37. The van der Waals surface area contributed by atoms with E-state index in [0.717, 1.165) is 27.5 Å². The Morgan fingerprint density at radius 2 is 2.20 bits per heavy atom. The second-order valence-corrected chi connectivity index (χ2v) is 5.37. The molecule has 0 unspecified atom stereocenters. The number of nitrogens with one attached hydrogen (secondary N) is 1. The van der Waals surface area contributed by atoms with Crippen LogP contribution >= 0.6 is 0 Å². The molecule has 1 saturated carbocycles. The molecule has 1 aliphatic carbocycles. The van der Waals surface area contributed by atoms with Crippen LogP contribution in [0.4, 0.5) is 0 Å². The zero-order valence-electron chi connectivity index (χ0n) is 10.7. The first-order valence-corrected chi connectivity index (χ1v) is 6.67. The third-order valence-corrected chi connectivity index (χ3v) is 4.23. The zero-order valence-corrected chi connectivity index (χ0v) is 10.7. The number of aromatic amines is 1. The molecule has 5 heteroatoms. The van der Waals surface area contributed by atoms with Crippen molar-refractivity contribution in [1.29, 1.82) is 0 Å². The van der Waals surface area contributed by atoms with Crippen LogP contribution in [0.25, 0.3) is 21.9 Å². The van der Waals surface area contributed by atoms with Crippen molar-refractivity contribution in [3.8, 4) is 0 Å². The minimum atomic E-state index is -0.692. The van der Waals surface area contributed by atoms with Gasteiger partial charge in [-0.2, -0.15) is 0 Å². The molecule has 2 N–H and O–H groups in total. The van der Waals surface area contributed by atoms with Crippen LogP contribution in [0.15, 0.2) is 30.7 Å². The van der Waals surface area contributed by atoms with Crippen molar-refractivity contribution >= 4 is 27.9 Å². The lowest BCUT2D eigenvalue weighted by atomic mass is 9.71. The van der Waals surface area contributed by atoms with Gasteiger partial charge in [-0.1, -0.05) is 0 Å². The highest BCUT2D eigenvalue weighted by Gasteiger charge is 2.36. The Morgan fingerprint density at radius 3 is 3.00 bits per heavy atom. The lowest BCUT2D eigenvalue weighted by Crippen LogP contribution is -2.28. The number of carboxylic acid groups (broad SMARTS) is 1. The summed E-state index contributed by atoms with van der Waals surface area (Å²) in [6, 6.07) is 3.89. The molecule has 0 spiro atoms. The number of carboxylic acids is 1. The van der Waals surface area contributed by atoms with Crippen molar-refractivity contribution in [3.05, 3.63) is 36.3 Å². The van der Waals surface area contributed by atoms with E-state index in [9.17, 15) is 4.79 Å². The smallest absolute Gasteiger partial charge is 0.306 e. The highest BCUT2D eigenvalue weighted by molar-refractivity contribution is 6.04. The Bertz CT molecular complexity index is 818. The van der Waals surface area contributed by atoms with Crippen LogP contribution in [0.1, 0.15) is 24.3 Å². The molecule has 5 nitrogen and oxygen atoms in total. The monoisotopic (exact) mass is 267 g/mol. The van der Waals surface area contributed by atoms with Crippen molar-refractivity contribution < 1.29 is 9.90 Å². The van der Waals surface area contributed by atoms with Gasteiger partial charge in [0, 0.05) is 29.4 Å². The fourth-order valence-corrected chi connectivity index (χ4v) is 3.04. The van der Waals surface area contributed by atoms with Crippen molar-refractivity contribution in [2.24, 2.45) is 5.92 Å². The van der Waals surface area contributed by atoms with E-state index < -0.39 is 5.97 Å². The molecule has 3 heterocycles. The third-order valence-electron chi connectivity index (χ3n) is 4.23. The molecule has 0 atom stereocenters. The molecule has 4 rings (SSSR count). The second kappa shape index (κ2) is 4.03. The summed E-state index contributed by atoms with van der Waals surface area (Å²) in [6.45, 7) is 0. The van der Waals surface area contributed by atoms with E-state index in [1.807, 2.05) is 24.5 Å². The Kier molecular flexibility index (Phi) is 2.30. The van der Waals surface area contributed by atoms with Gasteiger partial charge in [-0.15, -0.1) is 0 Å². The predicted octanol–water partition coefficient (Wildman–Crippen LogP) is 2.69. The summed E-state index contributed by atoms with van der Waals surface area (Å²) in [7, 11) is 0. The van der Waals surface area contributed by atoms with Gasteiger partial charge in [-0.3, -0.25) is 9.78 Å². The molecule has 3 aromatic rings. The molecule has 0 bridgehead atoms. The topological polar surface area (TPSA) is 78.9 Å². The Labute approximate surface area is 114 Å². The van der Waals surface area contributed by atoms with E-state index in [-0.39, 0.29) is 5.92 Å². The first kappa shape index (κ1) is 11.4. The van der Waals surface area contributed by atoms with Crippen molar-refractivity contribution in [3.63, 3.8) is 0 Å². The summed E-state index contributed by atoms with van der Waals surface area (Å²) in [5.74, 6) is -0.609. The highest BCUT2D eigenvalue weighted by Crippen LogP contribution is 2.44. The highest BCUT2D eigenvalue weighted by atomic mass is 16.4. The van der Waals surface area contributed by atoms with Crippen LogP contribution in [0, 0.1) is 5.92 Å². The van der Waals surface area contributed by atoms with E-state index in [2.05, 4.69) is 15.0 Å². The van der Waals surface area contributed by atoms with Gasteiger partial charge >= 0.3 is 5.97 Å². The maximum Gasteiger partial charge on any atom is 0.306 e. The number of nitrogens with zero attached hydrogens (tertiary/aromatic N) is 2. The van der Waals surface area contributed by atoms with Gasteiger partial charge in [0.05, 0.1) is 11.4 Å². The molecule has 0 aliphatic heterocycles. The summed E-state index contributed by atoms with van der Waals surface area (Å²) in [5.41, 5.74) is 2.91. The van der Waals surface area contributed by atoms with Crippen LogP contribution in [-0.4, -0.2) is 26.0 Å². The average molecular weight is 267 g/mol. The van der Waals surface area contributed by atoms with Crippen LogP contribution in [0.2, 0.25) is 0 Å². The number of hydrogen-bond donors (Lipinski definition) is 2. The predicted molar refractivity (Wildman–Crippen MR) is 74.5 cm³/mol. The maximum atomic E-state index is 10.9. The van der Waals surface area contributed by atoms with Gasteiger partial charge < -0.3 is 10.1 Å². The quantitative estimate of drug-likeness (QED) is 0.748. The van der Waals surface area contributed by atoms with Gasteiger partial charge in [-0.25, -0.2) is 4.98 Å². The molecule has 1 fully saturated rings. The Hall–Kier alpha value is -2.43. The van der Waals surface area contributed by atoms with Crippen molar-refractivity contribution in [2.75, 3.05) is 0 Å². The van der Waals surface area contributed by atoms with Gasteiger partial charge in [0.25, 0.3) is 0 Å². The largest absolute Gasteiger partial charge is 0.481 e. The Balaban J connectivity index is 1.85. The first-order valence-electron chi connectivity index (χ1n) is 6.67. The third kappa shape index (κ3) is 1.52. The van der Waals surface area contributed by atoms with E-state index in [4.69, 9.17) is 5.11 Å². The van der Waals surface area contributed by atoms with Gasteiger partial charge in [0.1, 0.15) is 5.65 Å². The molecule has 0 aromatic carbocycles. The number of aliphatic carboxylic acids is 1. The number of aromatic nitrogens is 3. The van der Waals surface area contributed by atoms with Crippen LogP contribution in [0.3, 0.4) is 0 Å². The Morgan fingerprint density at radius 1 is 1.35 bits per heavy atom. The van der Waals surface area contributed by atoms with Crippen molar-refractivity contribution in [2.45, 2.75) is 18.8 Å². The molecule has 3 aromatic heterocycles.